The van der Waals surface area contributed by atoms with Crippen LogP contribution in [0.5, 0.6) is 0 Å². The van der Waals surface area contributed by atoms with E-state index in [1.54, 1.807) is 0 Å². The first-order chi connectivity index (χ1) is 17.0. The van der Waals surface area contributed by atoms with Crippen LogP contribution < -0.4 is 5.32 Å². The summed E-state index contributed by atoms with van der Waals surface area (Å²) in [4.78, 5) is 0. The minimum absolute atomic E-state index is 0.487. The zero-order chi connectivity index (χ0) is 24.8. The van der Waals surface area contributed by atoms with Crippen molar-refractivity contribution in [3.05, 3.63) is 91.9 Å². The maximum atomic E-state index is 11.2. The molecule has 184 valence electrons. The number of unbranched alkanes of at least 4 members (excludes halogenated alkanes) is 5. The van der Waals surface area contributed by atoms with E-state index in [1.165, 1.54) is 32.1 Å². The van der Waals surface area contributed by atoms with Gasteiger partial charge in [-0.05, 0) is 94.4 Å². The summed E-state index contributed by atoms with van der Waals surface area (Å²) in [5.41, 5.74) is 7.04. The van der Waals surface area contributed by atoms with Gasteiger partial charge in [0.25, 0.3) is 0 Å². The van der Waals surface area contributed by atoms with Gasteiger partial charge >= 0.3 is 0 Å². The zero-order valence-electron chi connectivity index (χ0n) is 20.1. The number of halogens is 3. The lowest BCUT2D eigenvalue weighted by Crippen LogP contribution is -2.23. The summed E-state index contributed by atoms with van der Waals surface area (Å²) >= 11 is 19.1. The maximum absolute atomic E-state index is 11.2. The van der Waals surface area contributed by atoms with Crippen molar-refractivity contribution in [2.45, 2.75) is 51.6 Å². The van der Waals surface area contributed by atoms with Crippen LogP contribution in [0, 0.1) is 0 Å². The molecule has 0 saturated heterocycles. The van der Waals surface area contributed by atoms with Gasteiger partial charge in [-0.2, -0.15) is 0 Å². The van der Waals surface area contributed by atoms with Crippen LogP contribution in [-0.4, -0.2) is 18.2 Å². The Balaban J connectivity index is 1.59. The molecule has 0 aromatic heterocycles. The molecule has 4 rings (SSSR count). The summed E-state index contributed by atoms with van der Waals surface area (Å²) in [6.45, 7) is 3.62. The quantitative estimate of drug-likeness (QED) is 0.190. The summed E-state index contributed by atoms with van der Waals surface area (Å²) in [5.74, 6) is 0. The number of aliphatic hydroxyl groups excluding tert-OH is 1. The molecule has 0 amide bonds. The third-order valence-electron chi connectivity index (χ3n) is 6.55. The Morgan fingerprint density at radius 2 is 1.46 bits per heavy atom. The highest BCUT2D eigenvalue weighted by atomic mass is 35.5. The molecule has 2 nitrogen and oxygen atoms in total. The number of aliphatic hydroxyl groups is 1. The molecule has 1 unspecified atom stereocenters. The molecule has 2 N–H and O–H groups in total. The van der Waals surface area contributed by atoms with E-state index in [0.717, 1.165) is 51.9 Å². The van der Waals surface area contributed by atoms with Crippen molar-refractivity contribution in [3.63, 3.8) is 0 Å². The Morgan fingerprint density at radius 1 is 0.771 bits per heavy atom. The Hall–Kier alpha value is -1.81. The number of hydrogen-bond acceptors (Lipinski definition) is 2. The second-order valence-corrected chi connectivity index (χ2v) is 10.5. The van der Waals surface area contributed by atoms with Gasteiger partial charge in [0.05, 0.1) is 6.10 Å². The predicted octanol–water partition coefficient (Wildman–Crippen LogP) is 9.20. The van der Waals surface area contributed by atoms with Crippen LogP contribution in [0.4, 0.5) is 0 Å². The average Bonchev–Trinajstić information content (AvgIpc) is 3.13. The fraction of sp³-hybridized carbons (Fsp3) is 0.333. The van der Waals surface area contributed by atoms with Crippen molar-refractivity contribution in [1.29, 1.82) is 0 Å². The van der Waals surface area contributed by atoms with Crippen LogP contribution in [-0.2, 0) is 0 Å². The highest BCUT2D eigenvalue weighted by molar-refractivity contribution is 6.32. The molecule has 5 heteroatoms. The van der Waals surface area contributed by atoms with E-state index >= 15 is 0 Å². The zero-order valence-corrected chi connectivity index (χ0v) is 22.4. The van der Waals surface area contributed by atoms with Gasteiger partial charge in [0.1, 0.15) is 0 Å². The Labute approximate surface area is 223 Å². The largest absolute Gasteiger partial charge is 0.387 e. The molecule has 0 spiro atoms. The number of hydrogen-bond donors (Lipinski definition) is 2. The highest BCUT2D eigenvalue weighted by Crippen LogP contribution is 2.49. The topological polar surface area (TPSA) is 32.3 Å². The molecule has 0 fully saturated rings. The third-order valence-corrected chi connectivity index (χ3v) is 7.26. The predicted molar refractivity (Wildman–Crippen MR) is 152 cm³/mol. The number of fused-ring (bicyclic) bond motifs is 3. The van der Waals surface area contributed by atoms with Crippen molar-refractivity contribution < 1.29 is 5.11 Å². The smallest absolute Gasteiger partial charge is 0.0921 e. The van der Waals surface area contributed by atoms with Crippen LogP contribution in [0.3, 0.4) is 0 Å². The lowest BCUT2D eigenvalue weighted by atomic mass is 9.95. The SMILES string of the molecule is CCCCCCCCNCC(O)c1cc(Cl)cc2c1-c1ccc(Cl)cc1/C2=C/c1ccc(Cl)cc1. The summed E-state index contributed by atoms with van der Waals surface area (Å²) in [7, 11) is 0. The Bertz CT molecular complexity index is 1190. The van der Waals surface area contributed by atoms with E-state index in [2.05, 4.69) is 18.3 Å². The molecule has 0 saturated carbocycles. The number of rotatable bonds is 11. The van der Waals surface area contributed by atoms with E-state index in [0.29, 0.717) is 21.6 Å². The lowest BCUT2D eigenvalue weighted by Gasteiger charge is -2.17. The molecule has 1 aliphatic rings. The normalized spacial score (nSPS) is 14.3. The fourth-order valence-corrected chi connectivity index (χ4v) is 5.29. The van der Waals surface area contributed by atoms with Gasteiger partial charge in [-0.25, -0.2) is 0 Å². The molecule has 3 aromatic carbocycles. The average molecular weight is 529 g/mol. The summed E-state index contributed by atoms with van der Waals surface area (Å²) in [6.07, 6.45) is 8.97. The van der Waals surface area contributed by atoms with E-state index in [1.807, 2.05) is 54.6 Å². The van der Waals surface area contributed by atoms with Gasteiger partial charge in [0.15, 0.2) is 0 Å². The van der Waals surface area contributed by atoms with Crippen LogP contribution in [0.25, 0.3) is 22.8 Å². The van der Waals surface area contributed by atoms with Gasteiger partial charge in [0.2, 0.25) is 0 Å². The van der Waals surface area contributed by atoms with E-state index in [-0.39, 0.29) is 0 Å². The van der Waals surface area contributed by atoms with Crippen molar-refractivity contribution in [3.8, 4) is 11.1 Å². The van der Waals surface area contributed by atoms with E-state index in [9.17, 15) is 5.11 Å². The van der Waals surface area contributed by atoms with Crippen LogP contribution in [0.15, 0.2) is 54.6 Å². The molecular weight excluding hydrogens is 497 g/mol. The van der Waals surface area contributed by atoms with Gasteiger partial charge in [-0.1, -0.05) is 92.0 Å². The van der Waals surface area contributed by atoms with Gasteiger partial charge in [-0.15, -0.1) is 0 Å². The summed E-state index contributed by atoms with van der Waals surface area (Å²) in [5, 5.41) is 16.6. The minimum atomic E-state index is -0.666. The van der Waals surface area contributed by atoms with Gasteiger partial charge in [0, 0.05) is 21.6 Å². The fourth-order valence-electron chi connectivity index (χ4n) is 4.77. The molecule has 3 aromatic rings. The standard InChI is InChI=1S/C30H32Cl3NO/c1-2-3-4-5-6-7-14-34-19-29(35)28-18-23(33)17-27-25(15-20-8-10-21(31)11-9-20)26-16-22(32)12-13-24(26)30(27)28/h8-13,15-18,29,34-35H,2-7,14,19H2,1H3/b25-15-. The molecule has 0 aliphatic heterocycles. The van der Waals surface area contributed by atoms with Crippen molar-refractivity contribution in [1.82, 2.24) is 5.32 Å². The lowest BCUT2D eigenvalue weighted by molar-refractivity contribution is 0.175. The Kier molecular flexibility index (Phi) is 9.33. The number of benzene rings is 3. The maximum Gasteiger partial charge on any atom is 0.0921 e. The Morgan fingerprint density at radius 3 is 2.23 bits per heavy atom. The van der Waals surface area contributed by atoms with Crippen molar-refractivity contribution in [2.75, 3.05) is 13.1 Å². The molecule has 35 heavy (non-hydrogen) atoms. The first-order valence-corrected chi connectivity index (χ1v) is 13.6. The highest BCUT2D eigenvalue weighted by Gasteiger charge is 2.29. The van der Waals surface area contributed by atoms with Crippen molar-refractivity contribution >= 4 is 46.5 Å². The summed E-state index contributed by atoms with van der Waals surface area (Å²) < 4.78 is 0. The van der Waals surface area contributed by atoms with Crippen LogP contribution >= 0.6 is 34.8 Å². The van der Waals surface area contributed by atoms with Crippen molar-refractivity contribution in [2.24, 2.45) is 0 Å². The molecule has 0 bridgehead atoms. The first-order valence-electron chi connectivity index (χ1n) is 12.5. The molecule has 0 radical (unpaired) electrons. The minimum Gasteiger partial charge on any atom is -0.387 e. The third kappa shape index (κ3) is 6.50. The second-order valence-electron chi connectivity index (χ2n) is 9.20. The van der Waals surface area contributed by atoms with Crippen LogP contribution in [0.2, 0.25) is 15.1 Å². The second kappa shape index (κ2) is 12.4. The van der Waals surface area contributed by atoms with Gasteiger partial charge < -0.3 is 10.4 Å². The van der Waals surface area contributed by atoms with E-state index in [4.69, 9.17) is 34.8 Å². The van der Waals surface area contributed by atoms with Crippen LogP contribution in [0.1, 0.15) is 73.8 Å². The molecule has 1 aliphatic carbocycles. The monoisotopic (exact) mass is 527 g/mol. The van der Waals surface area contributed by atoms with E-state index < -0.39 is 6.10 Å². The number of nitrogens with one attached hydrogen (secondary N) is 1. The van der Waals surface area contributed by atoms with Gasteiger partial charge in [-0.3, -0.25) is 0 Å². The first kappa shape index (κ1) is 26.3. The molecular formula is C30H32Cl3NO. The molecule has 1 atom stereocenters. The molecule has 0 heterocycles. The summed E-state index contributed by atoms with van der Waals surface area (Å²) in [6, 6.07) is 17.5.